The first-order chi connectivity index (χ1) is 7.59. The average Bonchev–Trinajstić information content (AvgIpc) is 2.57. The molecule has 0 aromatic carbocycles. The Morgan fingerprint density at radius 1 is 1.56 bits per heavy atom. The lowest BCUT2D eigenvalue weighted by Gasteiger charge is -2.28. The molecule has 0 aliphatic carbocycles. The number of aliphatic carboxylic acids is 1. The molecule has 2 heterocycles. The molecule has 2 atom stereocenters. The molecule has 2 rings (SSSR count). The van der Waals surface area contributed by atoms with Crippen LogP contribution in [0.5, 0.6) is 0 Å². The highest BCUT2D eigenvalue weighted by Crippen LogP contribution is 2.32. The van der Waals surface area contributed by atoms with Crippen molar-refractivity contribution in [2.45, 2.75) is 26.2 Å². The molecule has 5 nitrogen and oxygen atoms in total. The minimum atomic E-state index is -0.766. The van der Waals surface area contributed by atoms with E-state index in [1.54, 1.807) is 6.92 Å². The van der Waals surface area contributed by atoms with Gasteiger partial charge in [-0.2, -0.15) is 0 Å². The van der Waals surface area contributed by atoms with E-state index in [2.05, 4.69) is 10.3 Å². The first-order valence-electron chi connectivity index (χ1n) is 5.47. The normalized spacial score (nSPS) is 25.6. The molecule has 1 aliphatic heterocycles. The predicted octanol–water partition coefficient (Wildman–Crippen LogP) is 1.07. The van der Waals surface area contributed by atoms with Gasteiger partial charge in [0.05, 0.1) is 11.6 Å². The van der Waals surface area contributed by atoms with Crippen molar-refractivity contribution in [2.75, 3.05) is 13.1 Å². The van der Waals surface area contributed by atoms with Crippen LogP contribution in [0.1, 0.15) is 29.7 Å². The fourth-order valence-corrected chi connectivity index (χ4v) is 2.33. The molecule has 1 aromatic heterocycles. The molecular weight excluding hydrogens is 208 g/mol. The largest absolute Gasteiger partial charge is 0.481 e. The van der Waals surface area contributed by atoms with Gasteiger partial charge in [0.25, 0.3) is 0 Å². The highest BCUT2D eigenvalue weighted by Gasteiger charge is 2.34. The molecule has 1 aliphatic rings. The Hall–Kier alpha value is -1.36. The van der Waals surface area contributed by atoms with Crippen LogP contribution in [0.3, 0.4) is 0 Å². The molecule has 2 N–H and O–H groups in total. The lowest BCUT2D eigenvalue weighted by Crippen LogP contribution is -2.40. The Labute approximate surface area is 93.9 Å². The number of carboxylic acids is 1. The molecule has 1 fully saturated rings. The summed E-state index contributed by atoms with van der Waals surface area (Å²) in [5.74, 6) is 0.149. The topological polar surface area (TPSA) is 75.4 Å². The Morgan fingerprint density at radius 2 is 2.31 bits per heavy atom. The van der Waals surface area contributed by atoms with Crippen molar-refractivity contribution >= 4 is 5.97 Å². The van der Waals surface area contributed by atoms with Gasteiger partial charge in [0.2, 0.25) is 0 Å². The Morgan fingerprint density at radius 3 is 2.88 bits per heavy atom. The van der Waals surface area contributed by atoms with Crippen molar-refractivity contribution < 1.29 is 14.3 Å². The van der Waals surface area contributed by atoms with Gasteiger partial charge in [-0.3, -0.25) is 4.79 Å². The molecule has 1 saturated heterocycles. The van der Waals surface area contributed by atoms with Crippen LogP contribution < -0.4 is 5.32 Å². The molecule has 5 heteroatoms. The van der Waals surface area contributed by atoms with E-state index in [9.17, 15) is 4.79 Å². The maximum Gasteiger partial charge on any atom is 0.308 e. The predicted molar refractivity (Wildman–Crippen MR) is 57.3 cm³/mol. The van der Waals surface area contributed by atoms with Crippen LogP contribution in [-0.4, -0.2) is 29.1 Å². The molecule has 88 valence electrons. The summed E-state index contributed by atoms with van der Waals surface area (Å²) in [6.07, 6.45) is 0.795. The summed E-state index contributed by atoms with van der Waals surface area (Å²) in [6, 6.07) is 0. The third-order valence-corrected chi connectivity index (χ3v) is 3.09. The molecule has 0 bridgehead atoms. The van der Waals surface area contributed by atoms with Crippen LogP contribution in [-0.2, 0) is 4.79 Å². The van der Waals surface area contributed by atoms with Crippen LogP contribution in [0.25, 0.3) is 0 Å². The maximum atomic E-state index is 11.2. The van der Waals surface area contributed by atoms with Crippen molar-refractivity contribution in [3.05, 3.63) is 17.3 Å². The van der Waals surface area contributed by atoms with Gasteiger partial charge in [-0.05, 0) is 19.9 Å². The third kappa shape index (κ3) is 1.95. The second-order valence-corrected chi connectivity index (χ2v) is 4.22. The summed E-state index contributed by atoms with van der Waals surface area (Å²) in [6.45, 7) is 4.97. The summed E-state index contributed by atoms with van der Waals surface area (Å²) in [5.41, 5.74) is 0.811. The zero-order valence-corrected chi connectivity index (χ0v) is 9.49. The SMILES string of the molecule is Cc1nc(C2CCNCC2C(=O)O)c(C)o1. The van der Waals surface area contributed by atoms with Gasteiger partial charge in [-0.25, -0.2) is 4.98 Å². The highest BCUT2D eigenvalue weighted by molar-refractivity contribution is 5.71. The lowest BCUT2D eigenvalue weighted by atomic mass is 9.83. The average molecular weight is 224 g/mol. The number of nitrogens with one attached hydrogen (secondary N) is 1. The van der Waals surface area contributed by atoms with Crippen molar-refractivity contribution in [3.8, 4) is 0 Å². The summed E-state index contributed by atoms with van der Waals surface area (Å²) >= 11 is 0. The molecule has 2 unspecified atom stereocenters. The van der Waals surface area contributed by atoms with Crippen LogP contribution >= 0.6 is 0 Å². The van der Waals surface area contributed by atoms with E-state index in [0.717, 1.165) is 24.4 Å². The second-order valence-electron chi connectivity index (χ2n) is 4.22. The minimum absolute atomic E-state index is 0.0313. The molecule has 16 heavy (non-hydrogen) atoms. The van der Waals surface area contributed by atoms with Gasteiger partial charge >= 0.3 is 5.97 Å². The highest BCUT2D eigenvalue weighted by atomic mass is 16.4. The van der Waals surface area contributed by atoms with E-state index < -0.39 is 11.9 Å². The van der Waals surface area contributed by atoms with Gasteiger partial charge in [-0.15, -0.1) is 0 Å². The fraction of sp³-hybridized carbons (Fsp3) is 0.636. The molecule has 0 radical (unpaired) electrons. The van der Waals surface area contributed by atoms with Crippen LogP contribution in [0.2, 0.25) is 0 Å². The van der Waals surface area contributed by atoms with E-state index in [4.69, 9.17) is 9.52 Å². The number of aryl methyl sites for hydroxylation is 2. The standard InChI is InChI=1S/C11H16N2O3/c1-6-10(13-7(2)16-6)8-3-4-12-5-9(8)11(14)15/h8-9,12H,3-5H2,1-2H3,(H,14,15). The van der Waals surface area contributed by atoms with Crippen molar-refractivity contribution in [2.24, 2.45) is 5.92 Å². The van der Waals surface area contributed by atoms with Crippen LogP contribution in [0.4, 0.5) is 0 Å². The minimum Gasteiger partial charge on any atom is -0.481 e. The third-order valence-electron chi connectivity index (χ3n) is 3.09. The summed E-state index contributed by atoms with van der Waals surface area (Å²) in [5, 5.41) is 12.3. The number of carbonyl (C=O) groups is 1. The quantitative estimate of drug-likeness (QED) is 0.785. The first-order valence-corrected chi connectivity index (χ1v) is 5.47. The van der Waals surface area contributed by atoms with Crippen molar-refractivity contribution in [1.29, 1.82) is 0 Å². The molecule has 0 saturated carbocycles. The van der Waals surface area contributed by atoms with Gasteiger partial charge in [0, 0.05) is 19.4 Å². The zero-order valence-electron chi connectivity index (χ0n) is 9.49. The van der Waals surface area contributed by atoms with E-state index in [1.165, 1.54) is 0 Å². The van der Waals surface area contributed by atoms with E-state index >= 15 is 0 Å². The molecular formula is C11H16N2O3. The number of hydrogen-bond acceptors (Lipinski definition) is 4. The van der Waals surface area contributed by atoms with E-state index in [1.807, 2.05) is 6.92 Å². The Kier molecular flexibility index (Phi) is 2.96. The lowest BCUT2D eigenvalue weighted by molar-refractivity contribution is -0.143. The van der Waals surface area contributed by atoms with Gasteiger partial charge in [0.15, 0.2) is 5.89 Å². The van der Waals surface area contributed by atoms with Gasteiger partial charge < -0.3 is 14.8 Å². The first kappa shape index (κ1) is 11.1. The van der Waals surface area contributed by atoms with Crippen molar-refractivity contribution in [3.63, 3.8) is 0 Å². The monoisotopic (exact) mass is 224 g/mol. The number of oxazole rings is 1. The number of carboxylic acid groups (broad SMARTS) is 1. The Balaban J connectivity index is 2.29. The summed E-state index contributed by atoms with van der Waals surface area (Å²) < 4.78 is 5.37. The number of aromatic nitrogens is 1. The molecule has 1 aromatic rings. The van der Waals surface area contributed by atoms with E-state index in [-0.39, 0.29) is 5.92 Å². The van der Waals surface area contributed by atoms with E-state index in [0.29, 0.717) is 12.4 Å². The van der Waals surface area contributed by atoms with Crippen LogP contribution in [0.15, 0.2) is 4.42 Å². The number of rotatable bonds is 2. The van der Waals surface area contributed by atoms with Gasteiger partial charge in [-0.1, -0.05) is 0 Å². The number of nitrogens with zero attached hydrogens (tertiary/aromatic N) is 1. The number of hydrogen-bond donors (Lipinski definition) is 2. The number of piperidine rings is 1. The zero-order chi connectivity index (χ0) is 11.7. The van der Waals surface area contributed by atoms with Crippen molar-refractivity contribution in [1.82, 2.24) is 10.3 Å². The Bertz CT molecular complexity index is 400. The summed E-state index contributed by atoms with van der Waals surface area (Å²) in [4.78, 5) is 15.5. The molecule has 0 amide bonds. The van der Waals surface area contributed by atoms with Crippen LogP contribution in [0, 0.1) is 19.8 Å². The summed E-state index contributed by atoms with van der Waals surface area (Å²) in [7, 11) is 0. The molecule has 0 spiro atoms. The van der Waals surface area contributed by atoms with Gasteiger partial charge in [0.1, 0.15) is 5.76 Å². The second kappa shape index (κ2) is 4.25. The fourth-order valence-electron chi connectivity index (χ4n) is 2.33. The smallest absolute Gasteiger partial charge is 0.308 e. The maximum absolute atomic E-state index is 11.2.